The number of hydrogen-bond acceptors (Lipinski definition) is 4. The van der Waals surface area contributed by atoms with Gasteiger partial charge in [0.1, 0.15) is 0 Å². The third kappa shape index (κ3) is 3.74. The lowest BCUT2D eigenvalue weighted by Crippen LogP contribution is -2.45. The van der Waals surface area contributed by atoms with Gasteiger partial charge in [-0.05, 0) is 11.6 Å². The van der Waals surface area contributed by atoms with Crippen LogP contribution in [-0.4, -0.2) is 39.5 Å². The van der Waals surface area contributed by atoms with Crippen molar-refractivity contribution in [2.45, 2.75) is 12.6 Å². The monoisotopic (exact) mass is 327 g/mol. The summed E-state index contributed by atoms with van der Waals surface area (Å²) in [5.41, 5.74) is 2.16. The fourth-order valence-corrected chi connectivity index (χ4v) is 2.93. The zero-order valence-electron chi connectivity index (χ0n) is 11.9. The summed E-state index contributed by atoms with van der Waals surface area (Å²) in [6.45, 7) is 3.67. The number of aromatic nitrogens is 3. The van der Waals surface area contributed by atoms with Crippen LogP contribution in [0, 0.1) is 0 Å². The van der Waals surface area contributed by atoms with Crippen molar-refractivity contribution in [1.29, 1.82) is 0 Å². The van der Waals surface area contributed by atoms with Gasteiger partial charge in [-0.2, -0.15) is 0 Å². The van der Waals surface area contributed by atoms with Crippen LogP contribution in [0.15, 0.2) is 30.5 Å². The van der Waals surface area contributed by atoms with Gasteiger partial charge in [-0.25, -0.2) is 0 Å². The second kappa shape index (κ2) is 7.22. The lowest BCUT2D eigenvalue weighted by Gasteiger charge is -2.36. The highest BCUT2D eigenvalue weighted by atomic mass is 35.5. The SMILES string of the molecule is Cl.Cn1cc(CN2CCNCC2c2ccccc2Cl)nn1. The topological polar surface area (TPSA) is 46.0 Å². The molecule has 7 heteroatoms. The van der Waals surface area contributed by atoms with Crippen molar-refractivity contribution in [2.24, 2.45) is 7.05 Å². The van der Waals surface area contributed by atoms with Crippen molar-refractivity contribution in [3.8, 4) is 0 Å². The Bertz CT molecular complexity index is 586. The average Bonchev–Trinajstić information content (AvgIpc) is 2.86. The summed E-state index contributed by atoms with van der Waals surface area (Å²) in [5.74, 6) is 0. The van der Waals surface area contributed by atoms with Crippen molar-refractivity contribution in [3.63, 3.8) is 0 Å². The Labute approximate surface area is 135 Å². The molecule has 1 saturated heterocycles. The van der Waals surface area contributed by atoms with Crippen LogP contribution in [0.4, 0.5) is 0 Å². The Kier molecular flexibility index (Phi) is 5.58. The fourth-order valence-electron chi connectivity index (χ4n) is 2.66. The quantitative estimate of drug-likeness (QED) is 0.937. The number of nitrogens with one attached hydrogen (secondary N) is 1. The minimum Gasteiger partial charge on any atom is -0.314 e. The fraction of sp³-hybridized carbons (Fsp3) is 0.429. The van der Waals surface area contributed by atoms with Gasteiger partial charge in [0.15, 0.2) is 0 Å². The summed E-state index contributed by atoms with van der Waals surface area (Å²) in [7, 11) is 1.89. The van der Waals surface area contributed by atoms with Crippen LogP contribution in [0.2, 0.25) is 5.02 Å². The number of halogens is 2. The van der Waals surface area contributed by atoms with E-state index >= 15 is 0 Å². The molecule has 0 bridgehead atoms. The van der Waals surface area contributed by atoms with E-state index in [-0.39, 0.29) is 18.4 Å². The minimum atomic E-state index is 0. The summed E-state index contributed by atoms with van der Waals surface area (Å²) >= 11 is 6.34. The van der Waals surface area contributed by atoms with Crippen LogP contribution in [0.25, 0.3) is 0 Å². The van der Waals surface area contributed by atoms with Gasteiger partial charge in [0.25, 0.3) is 0 Å². The first-order valence-corrected chi connectivity index (χ1v) is 7.16. The van der Waals surface area contributed by atoms with Crippen LogP contribution >= 0.6 is 24.0 Å². The molecule has 0 saturated carbocycles. The highest BCUT2D eigenvalue weighted by molar-refractivity contribution is 6.31. The number of rotatable bonds is 3. The maximum atomic E-state index is 6.34. The van der Waals surface area contributed by atoms with E-state index in [9.17, 15) is 0 Å². The largest absolute Gasteiger partial charge is 0.314 e. The molecule has 1 fully saturated rings. The van der Waals surface area contributed by atoms with Gasteiger partial charge in [-0.15, -0.1) is 17.5 Å². The molecule has 1 N–H and O–H groups in total. The van der Waals surface area contributed by atoms with Crippen molar-refractivity contribution in [2.75, 3.05) is 19.6 Å². The Morgan fingerprint density at radius 2 is 2.19 bits per heavy atom. The molecule has 1 aliphatic heterocycles. The third-order valence-corrected chi connectivity index (χ3v) is 3.98. The first-order valence-electron chi connectivity index (χ1n) is 6.78. The normalized spacial score (nSPS) is 19.2. The van der Waals surface area contributed by atoms with Gasteiger partial charge >= 0.3 is 0 Å². The Hall–Kier alpha value is -1.14. The minimum absolute atomic E-state index is 0. The molecule has 21 heavy (non-hydrogen) atoms. The lowest BCUT2D eigenvalue weighted by molar-refractivity contribution is 0.152. The van der Waals surface area contributed by atoms with Crippen LogP contribution in [0.3, 0.4) is 0 Å². The van der Waals surface area contributed by atoms with E-state index in [4.69, 9.17) is 11.6 Å². The van der Waals surface area contributed by atoms with E-state index in [1.807, 2.05) is 31.4 Å². The highest BCUT2D eigenvalue weighted by Gasteiger charge is 2.25. The summed E-state index contributed by atoms with van der Waals surface area (Å²) in [6, 6.07) is 8.33. The maximum Gasteiger partial charge on any atom is 0.0967 e. The number of piperazine rings is 1. The molecule has 3 rings (SSSR count). The Balaban J connectivity index is 0.00000161. The second-order valence-corrected chi connectivity index (χ2v) is 5.50. The summed E-state index contributed by atoms with van der Waals surface area (Å²) in [6.07, 6.45) is 1.96. The molecule has 5 nitrogen and oxygen atoms in total. The maximum absolute atomic E-state index is 6.34. The zero-order chi connectivity index (χ0) is 13.9. The Morgan fingerprint density at radius 3 is 2.90 bits per heavy atom. The molecular formula is C14H19Cl2N5. The van der Waals surface area contributed by atoms with Gasteiger partial charge in [0, 0.05) is 50.5 Å². The van der Waals surface area contributed by atoms with Crippen molar-refractivity contribution < 1.29 is 0 Å². The smallest absolute Gasteiger partial charge is 0.0967 e. The summed E-state index contributed by atoms with van der Waals surface area (Å²) < 4.78 is 1.74. The molecule has 1 atom stereocenters. The van der Waals surface area contributed by atoms with Gasteiger partial charge in [0.05, 0.1) is 5.69 Å². The number of nitrogens with zero attached hydrogens (tertiary/aromatic N) is 4. The number of benzene rings is 1. The zero-order valence-corrected chi connectivity index (χ0v) is 13.4. The van der Waals surface area contributed by atoms with E-state index in [0.29, 0.717) is 0 Å². The number of hydrogen-bond donors (Lipinski definition) is 1. The van der Waals surface area contributed by atoms with Gasteiger partial charge in [-0.3, -0.25) is 9.58 Å². The van der Waals surface area contributed by atoms with Crippen LogP contribution in [-0.2, 0) is 13.6 Å². The molecule has 1 aliphatic rings. The Morgan fingerprint density at radius 1 is 1.38 bits per heavy atom. The molecule has 0 amide bonds. The molecule has 1 aromatic heterocycles. The molecule has 0 spiro atoms. The molecule has 1 unspecified atom stereocenters. The standard InChI is InChI=1S/C14H18ClN5.ClH/c1-19-9-11(17-18-19)10-20-7-6-16-8-14(20)12-4-2-3-5-13(12)15;/h2-5,9,14,16H,6-8,10H2,1H3;1H. The van der Waals surface area contributed by atoms with Crippen molar-refractivity contribution >= 4 is 24.0 Å². The van der Waals surface area contributed by atoms with Crippen molar-refractivity contribution in [1.82, 2.24) is 25.2 Å². The van der Waals surface area contributed by atoms with Crippen molar-refractivity contribution in [3.05, 3.63) is 46.7 Å². The summed E-state index contributed by atoms with van der Waals surface area (Å²) in [5, 5.41) is 12.4. The highest BCUT2D eigenvalue weighted by Crippen LogP contribution is 2.29. The third-order valence-electron chi connectivity index (χ3n) is 3.63. The van der Waals surface area contributed by atoms with Gasteiger partial charge in [0.2, 0.25) is 0 Å². The molecule has 1 aromatic carbocycles. The summed E-state index contributed by atoms with van der Waals surface area (Å²) in [4.78, 5) is 2.40. The van der Waals surface area contributed by atoms with E-state index < -0.39 is 0 Å². The molecule has 2 aromatic rings. The second-order valence-electron chi connectivity index (χ2n) is 5.10. The predicted molar refractivity (Wildman–Crippen MR) is 85.7 cm³/mol. The lowest BCUT2D eigenvalue weighted by atomic mass is 10.0. The van der Waals surface area contributed by atoms with Gasteiger partial charge < -0.3 is 5.32 Å². The molecule has 0 radical (unpaired) electrons. The van der Waals surface area contributed by atoms with Gasteiger partial charge in [-0.1, -0.05) is 35.0 Å². The van der Waals surface area contributed by atoms with Crippen LogP contribution in [0.5, 0.6) is 0 Å². The first kappa shape index (κ1) is 16.2. The molecule has 114 valence electrons. The van der Waals surface area contributed by atoms with Crippen LogP contribution < -0.4 is 5.32 Å². The van der Waals surface area contributed by atoms with E-state index in [1.165, 1.54) is 5.56 Å². The van der Waals surface area contributed by atoms with E-state index in [0.717, 1.165) is 36.9 Å². The molecule has 2 heterocycles. The molecular weight excluding hydrogens is 309 g/mol. The van der Waals surface area contributed by atoms with E-state index in [1.54, 1.807) is 4.68 Å². The average molecular weight is 328 g/mol. The molecule has 0 aliphatic carbocycles. The van der Waals surface area contributed by atoms with Crippen LogP contribution in [0.1, 0.15) is 17.3 Å². The van der Waals surface area contributed by atoms with E-state index in [2.05, 4.69) is 26.6 Å². The predicted octanol–water partition coefficient (Wildman–Crippen LogP) is 2.04. The number of aryl methyl sites for hydroxylation is 1. The first-order chi connectivity index (χ1) is 9.74.